The van der Waals surface area contributed by atoms with Gasteiger partial charge >= 0.3 is 0 Å². The number of hydrogen-bond donors (Lipinski definition) is 2. The topological polar surface area (TPSA) is 78.7 Å². The summed E-state index contributed by atoms with van der Waals surface area (Å²) in [6.45, 7) is 2.68. The third-order valence-electron chi connectivity index (χ3n) is 3.38. The third-order valence-corrected chi connectivity index (χ3v) is 4.11. The average molecular weight is 341 g/mol. The molecule has 0 aromatic heterocycles. The van der Waals surface area contributed by atoms with Crippen molar-refractivity contribution in [3.8, 4) is 0 Å². The van der Waals surface area contributed by atoms with Crippen molar-refractivity contribution in [3.63, 3.8) is 0 Å². The molecule has 1 aliphatic rings. The summed E-state index contributed by atoms with van der Waals surface area (Å²) < 4.78 is 0.838. The van der Waals surface area contributed by atoms with E-state index in [1.54, 1.807) is 17.0 Å². The molecule has 108 valence electrons. The second-order valence-corrected chi connectivity index (χ2v) is 5.66. The fourth-order valence-electron chi connectivity index (χ4n) is 2.08. The molecule has 6 nitrogen and oxygen atoms in total. The Morgan fingerprint density at radius 1 is 1.45 bits per heavy atom. The molecule has 0 unspecified atom stereocenters. The molecule has 3 N–H and O–H groups in total. The Balaban J connectivity index is 2.07. The lowest BCUT2D eigenvalue weighted by Gasteiger charge is -2.32. The maximum absolute atomic E-state index is 11.7. The minimum Gasteiger partial charge on any atom is -0.343 e. The molecule has 0 saturated carbocycles. The summed E-state index contributed by atoms with van der Waals surface area (Å²) in [4.78, 5) is 26.9. The summed E-state index contributed by atoms with van der Waals surface area (Å²) in [6, 6.07) is 5.33. The highest BCUT2D eigenvalue weighted by Gasteiger charge is 2.21. The molecule has 1 aromatic rings. The van der Waals surface area contributed by atoms with E-state index in [1.807, 2.05) is 13.1 Å². The highest BCUT2D eigenvalue weighted by molar-refractivity contribution is 9.10. The van der Waals surface area contributed by atoms with Crippen LogP contribution in [0.5, 0.6) is 0 Å². The molecule has 0 spiro atoms. The van der Waals surface area contributed by atoms with Gasteiger partial charge in [-0.2, -0.15) is 0 Å². The van der Waals surface area contributed by atoms with Crippen molar-refractivity contribution in [1.82, 2.24) is 15.2 Å². The van der Waals surface area contributed by atoms with Crippen LogP contribution < -0.4 is 11.3 Å². The predicted molar refractivity (Wildman–Crippen MR) is 78.7 cm³/mol. The van der Waals surface area contributed by atoms with E-state index in [2.05, 4.69) is 26.3 Å². The highest BCUT2D eigenvalue weighted by Crippen LogP contribution is 2.21. The van der Waals surface area contributed by atoms with Gasteiger partial charge in [-0.25, -0.2) is 5.84 Å². The minimum absolute atomic E-state index is 0.131. The summed E-state index contributed by atoms with van der Waals surface area (Å²) >= 11 is 3.46. The van der Waals surface area contributed by atoms with E-state index in [1.165, 1.54) is 0 Å². The molecule has 1 saturated heterocycles. The molecule has 1 heterocycles. The molecule has 0 bridgehead atoms. The monoisotopic (exact) mass is 340 g/mol. The summed E-state index contributed by atoms with van der Waals surface area (Å²) in [6.07, 6.45) is 0. The zero-order valence-electron chi connectivity index (χ0n) is 11.2. The van der Waals surface area contributed by atoms with Gasteiger partial charge in [0.2, 0.25) is 5.91 Å². The first-order chi connectivity index (χ1) is 9.51. The zero-order valence-corrected chi connectivity index (χ0v) is 12.8. The van der Waals surface area contributed by atoms with E-state index < -0.39 is 0 Å². The first kappa shape index (κ1) is 15.0. The number of hydrogen-bond acceptors (Lipinski definition) is 4. The number of carbonyl (C=O) groups is 2. The van der Waals surface area contributed by atoms with Gasteiger partial charge < -0.3 is 4.90 Å². The molecule has 2 rings (SSSR count). The Kier molecular flexibility index (Phi) is 4.74. The molecule has 2 amide bonds. The maximum atomic E-state index is 11.7. The van der Waals surface area contributed by atoms with Crippen molar-refractivity contribution in [2.75, 3.05) is 26.7 Å². The molecule has 1 fully saturated rings. The van der Waals surface area contributed by atoms with Crippen LogP contribution in [0.2, 0.25) is 0 Å². The summed E-state index contributed by atoms with van der Waals surface area (Å²) in [5.41, 5.74) is 3.64. The van der Waals surface area contributed by atoms with Crippen LogP contribution in [0.4, 0.5) is 0 Å². The molecule has 0 aliphatic carbocycles. The molecule has 0 atom stereocenters. The second-order valence-electron chi connectivity index (χ2n) is 4.81. The molecular formula is C13H17BrN4O2. The van der Waals surface area contributed by atoms with Crippen LogP contribution in [0, 0.1) is 0 Å². The number of nitrogens with one attached hydrogen (secondary N) is 1. The number of benzene rings is 1. The maximum Gasteiger partial charge on any atom is 0.265 e. The first-order valence-corrected chi connectivity index (χ1v) is 7.06. The molecule has 7 heteroatoms. The van der Waals surface area contributed by atoms with Crippen LogP contribution in [-0.2, 0) is 11.3 Å². The normalized spacial score (nSPS) is 16.4. The van der Waals surface area contributed by atoms with Crippen LogP contribution in [0.1, 0.15) is 15.9 Å². The van der Waals surface area contributed by atoms with Crippen molar-refractivity contribution >= 4 is 27.7 Å². The Morgan fingerprint density at radius 3 is 2.80 bits per heavy atom. The van der Waals surface area contributed by atoms with Gasteiger partial charge in [-0.05, 0) is 17.7 Å². The lowest BCUT2D eigenvalue weighted by Crippen LogP contribution is -2.48. The molecular weight excluding hydrogens is 324 g/mol. The van der Waals surface area contributed by atoms with Gasteiger partial charge in [0.15, 0.2) is 0 Å². The fraction of sp³-hybridized carbons (Fsp3) is 0.385. The number of amides is 2. The van der Waals surface area contributed by atoms with Crippen molar-refractivity contribution in [1.29, 1.82) is 0 Å². The van der Waals surface area contributed by atoms with Crippen molar-refractivity contribution in [3.05, 3.63) is 33.8 Å². The smallest absolute Gasteiger partial charge is 0.265 e. The number of rotatable bonds is 3. The van der Waals surface area contributed by atoms with Crippen molar-refractivity contribution < 1.29 is 9.59 Å². The largest absolute Gasteiger partial charge is 0.343 e. The zero-order chi connectivity index (χ0) is 14.7. The molecule has 1 aromatic carbocycles. The van der Waals surface area contributed by atoms with Gasteiger partial charge in [-0.15, -0.1) is 0 Å². The van der Waals surface area contributed by atoms with Crippen LogP contribution in [-0.4, -0.2) is 48.3 Å². The van der Waals surface area contributed by atoms with Crippen LogP contribution in [0.25, 0.3) is 0 Å². The third kappa shape index (κ3) is 3.36. The number of nitrogens with zero attached hydrogens (tertiary/aromatic N) is 2. The second kappa shape index (κ2) is 6.34. The number of piperazine rings is 1. The Hall–Kier alpha value is -1.44. The van der Waals surface area contributed by atoms with Gasteiger partial charge in [0, 0.05) is 36.7 Å². The van der Waals surface area contributed by atoms with E-state index in [4.69, 9.17) is 5.84 Å². The Bertz CT molecular complexity index is 535. The number of hydrazine groups is 1. The summed E-state index contributed by atoms with van der Waals surface area (Å²) in [5, 5.41) is 0. The number of carbonyl (C=O) groups excluding carboxylic acids is 2. The molecule has 0 radical (unpaired) electrons. The van der Waals surface area contributed by atoms with Gasteiger partial charge in [0.25, 0.3) is 5.91 Å². The number of nitrogens with two attached hydrogens (primary N) is 1. The van der Waals surface area contributed by atoms with Crippen LogP contribution >= 0.6 is 15.9 Å². The minimum atomic E-state index is -0.327. The van der Waals surface area contributed by atoms with E-state index in [0.717, 1.165) is 23.1 Å². The summed E-state index contributed by atoms with van der Waals surface area (Å²) in [5.74, 6) is 4.91. The highest BCUT2D eigenvalue weighted by atomic mass is 79.9. The fourth-order valence-corrected chi connectivity index (χ4v) is 2.59. The molecule has 1 aliphatic heterocycles. The lowest BCUT2D eigenvalue weighted by molar-refractivity contribution is -0.134. The number of halogens is 1. The van der Waals surface area contributed by atoms with E-state index in [9.17, 15) is 9.59 Å². The Morgan fingerprint density at radius 2 is 2.20 bits per heavy atom. The van der Waals surface area contributed by atoms with Gasteiger partial charge in [0.1, 0.15) is 0 Å². The van der Waals surface area contributed by atoms with Crippen molar-refractivity contribution in [2.24, 2.45) is 5.84 Å². The predicted octanol–water partition coefficient (Wildman–Crippen LogP) is 0.327. The lowest BCUT2D eigenvalue weighted by atomic mass is 10.1. The van der Waals surface area contributed by atoms with Gasteiger partial charge in [-0.1, -0.05) is 22.0 Å². The van der Waals surface area contributed by atoms with Gasteiger partial charge in [0.05, 0.1) is 6.54 Å². The standard InChI is InChI=1S/C13H17BrN4O2/c1-17-4-5-18(8-12(17)19)7-10-3-2-9(6-11(10)14)13(20)16-15/h2-3,6H,4-5,7-8,15H2,1H3,(H,16,20). The van der Waals surface area contributed by atoms with Crippen LogP contribution in [0.15, 0.2) is 22.7 Å². The van der Waals surface area contributed by atoms with E-state index >= 15 is 0 Å². The summed E-state index contributed by atoms with van der Waals surface area (Å²) in [7, 11) is 1.82. The Labute approximate surface area is 126 Å². The average Bonchev–Trinajstić information content (AvgIpc) is 2.44. The SMILES string of the molecule is CN1CCN(Cc2ccc(C(=O)NN)cc2Br)CC1=O. The van der Waals surface area contributed by atoms with E-state index in [-0.39, 0.29) is 11.8 Å². The molecule has 20 heavy (non-hydrogen) atoms. The number of nitrogen functional groups attached to an aromatic ring is 1. The van der Waals surface area contributed by atoms with Crippen molar-refractivity contribution in [2.45, 2.75) is 6.54 Å². The van der Waals surface area contributed by atoms with E-state index in [0.29, 0.717) is 18.7 Å². The van der Waals surface area contributed by atoms with Crippen LogP contribution in [0.3, 0.4) is 0 Å². The van der Waals surface area contributed by atoms with Gasteiger partial charge in [-0.3, -0.25) is 19.9 Å². The quantitative estimate of drug-likeness (QED) is 0.472. The number of likely N-dealkylation sites (N-methyl/N-ethyl adjacent to an activating group) is 1. The first-order valence-electron chi connectivity index (χ1n) is 6.27.